The minimum absolute atomic E-state index is 0.0597. The molecule has 0 bridgehead atoms. The molecule has 1 atom stereocenters. The van der Waals surface area contributed by atoms with Gasteiger partial charge >= 0.3 is 6.09 Å². The summed E-state index contributed by atoms with van der Waals surface area (Å²) in [6.07, 6.45) is -0.660. The smallest absolute Gasteiger partial charge is 0.437 e. The van der Waals surface area contributed by atoms with E-state index in [-0.39, 0.29) is 13.0 Å². The number of nitrogens with zero attached hydrogens (tertiary/aromatic N) is 1. The van der Waals surface area contributed by atoms with E-state index in [1.54, 1.807) is 31.4 Å². The summed E-state index contributed by atoms with van der Waals surface area (Å²) >= 11 is 0. The number of hydrogen-bond donors (Lipinski definition) is 1. The predicted molar refractivity (Wildman–Crippen MR) is 88.4 cm³/mol. The highest BCUT2D eigenvalue weighted by molar-refractivity contribution is 5.94. The maximum Gasteiger partial charge on any atom is 0.437 e. The fourth-order valence-electron chi connectivity index (χ4n) is 2.03. The average Bonchev–Trinajstić information content (AvgIpc) is 2.61. The van der Waals surface area contributed by atoms with Crippen molar-refractivity contribution in [2.24, 2.45) is 5.73 Å². The molecule has 0 aliphatic carbocycles. The Morgan fingerprint density at radius 1 is 1.04 bits per heavy atom. The number of benzene rings is 2. The van der Waals surface area contributed by atoms with Gasteiger partial charge in [-0.3, -0.25) is 4.79 Å². The van der Waals surface area contributed by atoms with Crippen molar-refractivity contribution in [3.05, 3.63) is 65.7 Å². The summed E-state index contributed by atoms with van der Waals surface area (Å²) in [6.45, 7) is 0.0597. The normalized spacial score (nSPS) is 11.4. The quantitative estimate of drug-likeness (QED) is 0.876. The van der Waals surface area contributed by atoms with Crippen LogP contribution in [-0.4, -0.2) is 25.2 Å². The van der Waals surface area contributed by atoms with Gasteiger partial charge in [0.1, 0.15) is 12.4 Å². The molecule has 0 spiro atoms. The van der Waals surface area contributed by atoms with E-state index in [0.29, 0.717) is 5.75 Å². The lowest BCUT2D eigenvalue weighted by Crippen LogP contribution is -2.40. The van der Waals surface area contributed by atoms with Gasteiger partial charge in [0.2, 0.25) is 0 Å². The lowest BCUT2D eigenvalue weighted by molar-refractivity contribution is -0.122. The molecule has 6 heteroatoms. The first kappa shape index (κ1) is 17.5. The molecule has 6 nitrogen and oxygen atoms in total. The Bertz CT molecular complexity index is 671. The summed E-state index contributed by atoms with van der Waals surface area (Å²) in [6, 6.07) is 15.4. The van der Waals surface area contributed by atoms with Crippen LogP contribution in [0.5, 0.6) is 5.75 Å². The third-order valence-corrected chi connectivity index (χ3v) is 3.34. The molecule has 0 aliphatic heterocycles. The van der Waals surface area contributed by atoms with E-state index in [4.69, 9.17) is 15.2 Å². The van der Waals surface area contributed by atoms with E-state index in [1.165, 1.54) is 0 Å². The van der Waals surface area contributed by atoms with Crippen LogP contribution in [0.25, 0.3) is 0 Å². The van der Waals surface area contributed by atoms with Gasteiger partial charge in [0.05, 0.1) is 13.2 Å². The SMILES string of the molecule is COc1ccc(C[C@H](N)C(=O)[N]C(=O)OCc2ccccc2)cc1. The maximum atomic E-state index is 11.9. The fourth-order valence-corrected chi connectivity index (χ4v) is 2.03. The van der Waals surface area contributed by atoms with Gasteiger partial charge in [-0.05, 0) is 29.7 Å². The topological polar surface area (TPSA) is 92.7 Å². The van der Waals surface area contributed by atoms with Crippen LogP contribution in [0.1, 0.15) is 11.1 Å². The van der Waals surface area contributed by atoms with E-state index in [2.05, 4.69) is 5.32 Å². The molecule has 0 saturated heterocycles. The standard InChI is InChI=1S/C18H19N2O4/c1-23-15-9-7-13(8-10-15)11-16(19)17(21)20-18(22)24-12-14-5-3-2-4-6-14/h2-10,16H,11-12,19H2,1H3/t16-/m0/s1. The monoisotopic (exact) mass is 327 g/mol. The van der Waals surface area contributed by atoms with E-state index in [1.807, 2.05) is 30.3 Å². The second-order valence-electron chi connectivity index (χ2n) is 5.15. The number of carbonyl (C=O) groups is 2. The molecule has 2 rings (SSSR count). The van der Waals surface area contributed by atoms with Crippen molar-refractivity contribution in [1.82, 2.24) is 5.32 Å². The Morgan fingerprint density at radius 3 is 2.33 bits per heavy atom. The number of ether oxygens (including phenoxy) is 2. The molecule has 0 aliphatic rings. The van der Waals surface area contributed by atoms with Gasteiger partial charge in [0.25, 0.3) is 5.91 Å². The Hall–Kier alpha value is -2.86. The summed E-state index contributed by atoms with van der Waals surface area (Å²) in [5, 5.41) is 3.37. The van der Waals surface area contributed by atoms with Crippen LogP contribution in [0.3, 0.4) is 0 Å². The van der Waals surface area contributed by atoms with Crippen LogP contribution < -0.4 is 15.8 Å². The van der Waals surface area contributed by atoms with Crippen LogP contribution in [0.15, 0.2) is 54.6 Å². The van der Waals surface area contributed by atoms with Crippen molar-refractivity contribution in [1.29, 1.82) is 0 Å². The number of carbonyl (C=O) groups excluding carboxylic acids is 2. The largest absolute Gasteiger partial charge is 0.497 e. The molecular formula is C18H19N2O4. The number of rotatable bonds is 6. The molecule has 2 aromatic rings. The second kappa shape index (κ2) is 8.69. The number of imide groups is 1. The minimum atomic E-state index is -0.936. The highest BCUT2D eigenvalue weighted by Crippen LogP contribution is 2.12. The van der Waals surface area contributed by atoms with Gasteiger partial charge < -0.3 is 15.2 Å². The first-order valence-electron chi connectivity index (χ1n) is 7.43. The summed E-state index contributed by atoms with van der Waals surface area (Å²) in [5.41, 5.74) is 7.46. The van der Waals surface area contributed by atoms with Gasteiger partial charge in [-0.15, -0.1) is 5.32 Å². The van der Waals surface area contributed by atoms with E-state index in [0.717, 1.165) is 11.1 Å². The lowest BCUT2D eigenvalue weighted by atomic mass is 10.1. The Labute approximate surface area is 140 Å². The zero-order valence-electron chi connectivity index (χ0n) is 13.3. The highest BCUT2D eigenvalue weighted by Gasteiger charge is 2.20. The molecule has 0 unspecified atom stereocenters. The van der Waals surface area contributed by atoms with Crippen molar-refractivity contribution >= 4 is 12.0 Å². The molecule has 2 N–H and O–H groups in total. The molecule has 0 saturated carbocycles. The van der Waals surface area contributed by atoms with E-state index in [9.17, 15) is 9.59 Å². The third kappa shape index (κ3) is 5.40. The van der Waals surface area contributed by atoms with E-state index < -0.39 is 18.0 Å². The maximum absolute atomic E-state index is 11.9. The molecule has 125 valence electrons. The first-order chi connectivity index (χ1) is 11.6. The van der Waals surface area contributed by atoms with Crippen molar-refractivity contribution < 1.29 is 19.1 Å². The highest BCUT2D eigenvalue weighted by atomic mass is 16.5. The number of hydrogen-bond acceptors (Lipinski definition) is 5. The molecule has 1 radical (unpaired) electrons. The van der Waals surface area contributed by atoms with Crippen LogP contribution in [0.4, 0.5) is 4.79 Å². The zero-order valence-corrected chi connectivity index (χ0v) is 13.3. The molecule has 0 heterocycles. The second-order valence-corrected chi connectivity index (χ2v) is 5.15. The van der Waals surface area contributed by atoms with Crippen molar-refractivity contribution in [3.63, 3.8) is 0 Å². The summed E-state index contributed by atoms with van der Waals surface area (Å²) in [7, 11) is 1.57. The summed E-state index contributed by atoms with van der Waals surface area (Å²) in [4.78, 5) is 23.5. The third-order valence-electron chi connectivity index (χ3n) is 3.34. The van der Waals surface area contributed by atoms with Gasteiger partial charge in [0.15, 0.2) is 0 Å². The van der Waals surface area contributed by atoms with Crippen LogP contribution in [0.2, 0.25) is 0 Å². The number of amides is 2. The van der Waals surface area contributed by atoms with E-state index >= 15 is 0 Å². The molecule has 0 aromatic heterocycles. The predicted octanol–water partition coefficient (Wildman–Crippen LogP) is 2.03. The zero-order chi connectivity index (χ0) is 17.4. The molecule has 2 aromatic carbocycles. The average molecular weight is 327 g/mol. The van der Waals surface area contributed by atoms with Crippen molar-refractivity contribution in [3.8, 4) is 5.75 Å². The Kier molecular flexibility index (Phi) is 6.33. The van der Waals surface area contributed by atoms with Crippen LogP contribution in [-0.2, 0) is 22.6 Å². The van der Waals surface area contributed by atoms with Crippen molar-refractivity contribution in [2.75, 3.05) is 7.11 Å². The first-order valence-corrected chi connectivity index (χ1v) is 7.43. The van der Waals surface area contributed by atoms with Gasteiger partial charge in [-0.1, -0.05) is 42.5 Å². The van der Waals surface area contributed by atoms with Crippen LogP contribution in [0, 0.1) is 0 Å². The Morgan fingerprint density at radius 2 is 1.71 bits per heavy atom. The van der Waals surface area contributed by atoms with Gasteiger partial charge in [-0.2, -0.15) is 0 Å². The minimum Gasteiger partial charge on any atom is -0.497 e. The molecule has 0 fully saturated rings. The van der Waals surface area contributed by atoms with Crippen LogP contribution >= 0.6 is 0 Å². The molecule has 24 heavy (non-hydrogen) atoms. The van der Waals surface area contributed by atoms with Gasteiger partial charge in [-0.25, -0.2) is 4.79 Å². The molecular weight excluding hydrogens is 308 g/mol. The summed E-state index contributed by atoms with van der Waals surface area (Å²) < 4.78 is 9.99. The summed E-state index contributed by atoms with van der Waals surface area (Å²) in [5.74, 6) is 0.0108. The molecule has 2 amide bonds. The Balaban J connectivity index is 1.78. The van der Waals surface area contributed by atoms with Gasteiger partial charge in [0, 0.05) is 0 Å². The lowest BCUT2D eigenvalue weighted by Gasteiger charge is -2.10. The number of methoxy groups -OCH3 is 1. The fraction of sp³-hybridized carbons (Fsp3) is 0.222. The number of nitrogens with two attached hydrogens (primary N) is 1. The van der Waals surface area contributed by atoms with Crippen molar-refractivity contribution in [2.45, 2.75) is 19.1 Å².